The summed E-state index contributed by atoms with van der Waals surface area (Å²) in [6.45, 7) is 0.550. The molecule has 15 heavy (non-hydrogen) atoms. The van der Waals surface area contributed by atoms with Gasteiger partial charge in [0.15, 0.2) is 11.6 Å². The first kappa shape index (κ1) is 9.98. The Kier molecular flexibility index (Phi) is 2.87. The monoisotopic (exact) mass is 223 g/mol. The van der Waals surface area contributed by atoms with Crippen LogP contribution < -0.4 is 5.32 Å². The summed E-state index contributed by atoms with van der Waals surface area (Å²) in [7, 11) is 0. The second-order valence-corrected chi connectivity index (χ2v) is 3.93. The fraction of sp³-hybridized carbons (Fsp3) is 0.0909. The molecule has 0 spiro atoms. The molecule has 2 N–H and O–H groups in total. The number of rotatable bonds is 3. The average Bonchev–Trinajstić information content (AvgIpc) is 2.73. The summed E-state index contributed by atoms with van der Waals surface area (Å²) in [6.07, 6.45) is 0. The summed E-state index contributed by atoms with van der Waals surface area (Å²) in [5.41, 5.74) is 1.82. The predicted molar refractivity (Wildman–Crippen MR) is 59.7 cm³/mol. The highest BCUT2D eigenvalue weighted by molar-refractivity contribution is 7.08. The maximum atomic E-state index is 13.0. The van der Waals surface area contributed by atoms with Gasteiger partial charge in [-0.25, -0.2) is 4.39 Å². The maximum absolute atomic E-state index is 13.0. The lowest BCUT2D eigenvalue weighted by molar-refractivity contribution is 0.432. The van der Waals surface area contributed by atoms with Crippen LogP contribution in [0.15, 0.2) is 35.0 Å². The van der Waals surface area contributed by atoms with Gasteiger partial charge in [-0.2, -0.15) is 11.3 Å². The van der Waals surface area contributed by atoms with Crippen LogP contribution in [0.2, 0.25) is 0 Å². The number of anilines is 1. The van der Waals surface area contributed by atoms with Gasteiger partial charge in [0.25, 0.3) is 0 Å². The highest BCUT2D eigenvalue weighted by Crippen LogP contribution is 2.18. The smallest absolute Gasteiger partial charge is 0.165 e. The van der Waals surface area contributed by atoms with E-state index in [4.69, 9.17) is 5.11 Å². The third-order valence-electron chi connectivity index (χ3n) is 2.03. The molecule has 1 aromatic heterocycles. The van der Waals surface area contributed by atoms with Crippen molar-refractivity contribution in [2.45, 2.75) is 6.54 Å². The highest BCUT2D eigenvalue weighted by Gasteiger charge is 2.01. The number of benzene rings is 1. The molecule has 2 aromatic rings. The van der Waals surface area contributed by atoms with Crippen LogP contribution in [-0.2, 0) is 6.54 Å². The van der Waals surface area contributed by atoms with Gasteiger partial charge in [0, 0.05) is 17.6 Å². The summed E-state index contributed by atoms with van der Waals surface area (Å²) < 4.78 is 13.0. The summed E-state index contributed by atoms with van der Waals surface area (Å²) in [4.78, 5) is 0. The van der Waals surface area contributed by atoms with Crippen LogP contribution in [0.1, 0.15) is 5.56 Å². The molecule has 0 unspecified atom stereocenters. The van der Waals surface area contributed by atoms with Crippen LogP contribution in [0.5, 0.6) is 5.75 Å². The molecule has 0 aliphatic rings. The van der Waals surface area contributed by atoms with Gasteiger partial charge in [-0.05, 0) is 29.1 Å². The lowest BCUT2D eigenvalue weighted by Crippen LogP contribution is -1.98. The van der Waals surface area contributed by atoms with Crippen molar-refractivity contribution in [3.05, 3.63) is 46.4 Å². The van der Waals surface area contributed by atoms with E-state index in [1.807, 2.05) is 16.8 Å². The van der Waals surface area contributed by atoms with E-state index < -0.39 is 5.82 Å². The van der Waals surface area contributed by atoms with E-state index in [1.54, 1.807) is 17.4 Å². The van der Waals surface area contributed by atoms with Gasteiger partial charge in [0.1, 0.15) is 0 Å². The topological polar surface area (TPSA) is 32.3 Å². The SMILES string of the molecule is Oc1ccc(CNc2ccsc2)cc1F. The van der Waals surface area contributed by atoms with Gasteiger partial charge in [-0.1, -0.05) is 6.07 Å². The molecular formula is C11H10FNOS. The number of phenols is 1. The summed E-state index contributed by atoms with van der Waals surface area (Å²) in [5, 5.41) is 16.1. The van der Waals surface area contributed by atoms with E-state index in [9.17, 15) is 4.39 Å². The van der Waals surface area contributed by atoms with Gasteiger partial charge in [-0.15, -0.1) is 0 Å². The zero-order chi connectivity index (χ0) is 10.7. The largest absolute Gasteiger partial charge is 0.505 e. The Morgan fingerprint density at radius 3 is 2.87 bits per heavy atom. The third-order valence-corrected chi connectivity index (χ3v) is 2.71. The first-order valence-corrected chi connectivity index (χ1v) is 5.43. The molecule has 0 bridgehead atoms. The number of nitrogens with one attached hydrogen (secondary N) is 1. The summed E-state index contributed by atoms with van der Waals surface area (Å²) in [6, 6.07) is 6.34. The van der Waals surface area contributed by atoms with Crippen molar-refractivity contribution in [1.82, 2.24) is 0 Å². The average molecular weight is 223 g/mol. The van der Waals surface area contributed by atoms with Crippen LogP contribution >= 0.6 is 11.3 Å². The van der Waals surface area contributed by atoms with Gasteiger partial charge in [0.2, 0.25) is 0 Å². The zero-order valence-corrected chi connectivity index (χ0v) is 8.72. The molecule has 1 heterocycles. The molecule has 0 saturated heterocycles. The molecule has 0 saturated carbocycles. The lowest BCUT2D eigenvalue weighted by Gasteiger charge is -2.04. The third kappa shape index (κ3) is 2.47. The molecule has 0 amide bonds. The number of aromatic hydroxyl groups is 1. The number of halogens is 1. The lowest BCUT2D eigenvalue weighted by atomic mass is 10.2. The van der Waals surface area contributed by atoms with E-state index in [0.717, 1.165) is 11.3 Å². The van der Waals surface area contributed by atoms with Crippen molar-refractivity contribution in [3.63, 3.8) is 0 Å². The van der Waals surface area contributed by atoms with Gasteiger partial charge in [-0.3, -0.25) is 0 Å². The number of hydrogen-bond donors (Lipinski definition) is 2. The van der Waals surface area contributed by atoms with Crippen LogP contribution in [0.4, 0.5) is 10.1 Å². The normalized spacial score (nSPS) is 10.2. The van der Waals surface area contributed by atoms with Crippen molar-refractivity contribution in [2.75, 3.05) is 5.32 Å². The molecule has 2 rings (SSSR count). The van der Waals surface area contributed by atoms with E-state index in [1.165, 1.54) is 12.1 Å². The molecular weight excluding hydrogens is 213 g/mol. The Bertz CT molecular complexity index is 442. The molecule has 2 nitrogen and oxygen atoms in total. The Balaban J connectivity index is 2.02. The number of phenolic OH excluding ortho intramolecular Hbond substituents is 1. The van der Waals surface area contributed by atoms with Gasteiger partial charge >= 0.3 is 0 Å². The minimum absolute atomic E-state index is 0.311. The Morgan fingerprint density at radius 1 is 1.33 bits per heavy atom. The second-order valence-electron chi connectivity index (χ2n) is 3.15. The molecule has 0 aliphatic heterocycles. The minimum atomic E-state index is -0.584. The zero-order valence-electron chi connectivity index (χ0n) is 7.90. The van der Waals surface area contributed by atoms with Crippen molar-refractivity contribution in [3.8, 4) is 5.75 Å². The maximum Gasteiger partial charge on any atom is 0.165 e. The first-order chi connectivity index (χ1) is 7.25. The minimum Gasteiger partial charge on any atom is -0.505 e. The van der Waals surface area contributed by atoms with Gasteiger partial charge < -0.3 is 10.4 Å². The fourth-order valence-electron chi connectivity index (χ4n) is 1.23. The second kappa shape index (κ2) is 4.31. The molecule has 0 aliphatic carbocycles. The van der Waals surface area contributed by atoms with Crippen molar-refractivity contribution >= 4 is 17.0 Å². The molecule has 1 aromatic carbocycles. The Labute approximate surface area is 91.0 Å². The first-order valence-electron chi connectivity index (χ1n) is 4.49. The molecule has 4 heteroatoms. The number of hydrogen-bond acceptors (Lipinski definition) is 3. The predicted octanol–water partition coefficient (Wildman–Crippen LogP) is 3.20. The van der Waals surface area contributed by atoms with E-state index in [0.29, 0.717) is 6.54 Å². The van der Waals surface area contributed by atoms with Crippen LogP contribution in [-0.4, -0.2) is 5.11 Å². The van der Waals surface area contributed by atoms with E-state index in [-0.39, 0.29) is 5.75 Å². The highest BCUT2D eigenvalue weighted by atomic mass is 32.1. The quantitative estimate of drug-likeness (QED) is 0.837. The molecule has 78 valence electrons. The summed E-state index contributed by atoms with van der Waals surface area (Å²) >= 11 is 1.60. The molecule has 0 radical (unpaired) electrons. The standard InChI is InChI=1S/C11H10FNOS/c12-10-5-8(1-2-11(10)14)6-13-9-3-4-15-7-9/h1-5,7,13-14H,6H2. The fourth-order valence-corrected chi connectivity index (χ4v) is 1.84. The number of thiophene rings is 1. The molecule has 0 atom stereocenters. The van der Waals surface area contributed by atoms with Crippen LogP contribution in [0.3, 0.4) is 0 Å². The summed E-state index contributed by atoms with van der Waals surface area (Å²) in [5.74, 6) is -0.895. The van der Waals surface area contributed by atoms with Crippen molar-refractivity contribution in [1.29, 1.82) is 0 Å². The molecule has 0 fully saturated rings. The van der Waals surface area contributed by atoms with Crippen LogP contribution in [0.25, 0.3) is 0 Å². The Morgan fingerprint density at radius 2 is 2.20 bits per heavy atom. The van der Waals surface area contributed by atoms with E-state index in [2.05, 4.69) is 5.32 Å². The van der Waals surface area contributed by atoms with E-state index >= 15 is 0 Å². The van der Waals surface area contributed by atoms with Crippen LogP contribution in [0, 0.1) is 5.82 Å². The van der Waals surface area contributed by atoms with Gasteiger partial charge in [0.05, 0.1) is 0 Å². The Hall–Kier alpha value is -1.55. The van der Waals surface area contributed by atoms with Crippen molar-refractivity contribution < 1.29 is 9.50 Å². The van der Waals surface area contributed by atoms with Crippen molar-refractivity contribution in [2.24, 2.45) is 0 Å².